The van der Waals surface area contributed by atoms with E-state index in [-0.39, 0.29) is 11.4 Å². The fraction of sp³-hybridized carbons (Fsp3) is 0.310. The Labute approximate surface area is 253 Å². The van der Waals surface area contributed by atoms with Gasteiger partial charge in [0.15, 0.2) is 0 Å². The van der Waals surface area contributed by atoms with Crippen LogP contribution in [0.4, 0.5) is 18.9 Å². The molecule has 226 valence electrons. The average molecular weight is 645 g/mol. The van der Waals surface area contributed by atoms with Crippen molar-refractivity contribution in [2.24, 2.45) is 0 Å². The Kier molecular flexibility index (Phi) is 10.9. The van der Waals surface area contributed by atoms with Crippen molar-refractivity contribution in [3.8, 4) is 0 Å². The molecule has 0 heterocycles. The molecule has 0 fully saturated rings. The summed E-state index contributed by atoms with van der Waals surface area (Å²) in [6.07, 6.45) is -4.24. The number of benzene rings is 3. The molecule has 0 spiro atoms. The largest absolute Gasteiger partial charge is 0.417 e. The molecule has 42 heavy (non-hydrogen) atoms. The number of nitrogens with one attached hydrogen (secondary N) is 1. The van der Waals surface area contributed by atoms with Crippen LogP contribution in [0.15, 0.2) is 71.6 Å². The predicted octanol–water partition coefficient (Wildman–Crippen LogP) is 6.46. The second kappa shape index (κ2) is 13.8. The second-order valence-corrected chi connectivity index (χ2v) is 12.3. The van der Waals surface area contributed by atoms with Crippen LogP contribution in [0.2, 0.25) is 10.0 Å². The summed E-state index contributed by atoms with van der Waals surface area (Å²) in [5.74, 6) is -1.29. The zero-order chi connectivity index (χ0) is 31.2. The van der Waals surface area contributed by atoms with Crippen LogP contribution in [0.25, 0.3) is 0 Å². The monoisotopic (exact) mass is 643 g/mol. The molecule has 0 unspecified atom stereocenters. The van der Waals surface area contributed by atoms with Crippen LogP contribution >= 0.6 is 23.2 Å². The van der Waals surface area contributed by atoms with Crippen molar-refractivity contribution in [3.05, 3.63) is 93.5 Å². The van der Waals surface area contributed by atoms with Gasteiger partial charge in [0.2, 0.25) is 11.8 Å². The number of nitrogens with zero attached hydrogens (tertiary/aromatic N) is 2. The highest BCUT2D eigenvalue weighted by Gasteiger charge is 2.37. The van der Waals surface area contributed by atoms with E-state index < -0.39 is 56.9 Å². The quantitative estimate of drug-likeness (QED) is 0.260. The topological polar surface area (TPSA) is 86.8 Å². The van der Waals surface area contributed by atoms with Crippen molar-refractivity contribution in [1.29, 1.82) is 0 Å². The van der Waals surface area contributed by atoms with E-state index in [9.17, 15) is 31.2 Å². The summed E-state index contributed by atoms with van der Waals surface area (Å²) in [5.41, 5.74) is -0.330. The van der Waals surface area contributed by atoms with Crippen LogP contribution in [0, 0.1) is 6.92 Å². The summed E-state index contributed by atoms with van der Waals surface area (Å²) in [6.45, 7) is 4.45. The highest BCUT2D eigenvalue weighted by atomic mass is 35.5. The molecule has 3 aromatic rings. The number of sulfonamides is 1. The molecule has 0 aliphatic carbocycles. The van der Waals surface area contributed by atoms with E-state index in [0.717, 1.165) is 17.7 Å². The molecule has 3 rings (SSSR count). The van der Waals surface area contributed by atoms with E-state index >= 15 is 0 Å². The van der Waals surface area contributed by atoms with Gasteiger partial charge in [-0.1, -0.05) is 60.0 Å². The number of halogens is 5. The number of anilines is 1. The minimum atomic E-state index is -4.89. The number of carbonyl (C=O) groups is 2. The highest BCUT2D eigenvalue weighted by molar-refractivity contribution is 7.92. The number of amides is 2. The standard InChI is InChI=1S/C29H30Cl2F3N3O4S/c1-4-15-35-28(39)20(3)36(17-21-7-9-22(30)10-8-21)27(38)18-37(42(40,41)24-12-5-19(2)6-13-24)23-11-14-26(31)25(16-23)29(32,33)34/h5-14,16,20H,4,15,17-18H2,1-3H3,(H,35,39)/t20-/m0/s1. The number of aryl methyl sites for hydroxylation is 1. The number of hydrogen-bond donors (Lipinski definition) is 1. The smallest absolute Gasteiger partial charge is 0.354 e. The first-order valence-corrected chi connectivity index (χ1v) is 15.1. The maximum Gasteiger partial charge on any atom is 0.417 e. The SMILES string of the molecule is CCCNC(=O)[C@H](C)N(Cc1ccc(Cl)cc1)C(=O)CN(c1ccc(Cl)c(C(F)(F)F)c1)S(=O)(=O)c1ccc(C)cc1. The van der Waals surface area contributed by atoms with Gasteiger partial charge in [-0.2, -0.15) is 13.2 Å². The zero-order valence-electron chi connectivity index (χ0n) is 23.1. The molecule has 0 aliphatic heterocycles. The third kappa shape index (κ3) is 8.17. The fourth-order valence-corrected chi connectivity index (χ4v) is 5.77. The van der Waals surface area contributed by atoms with E-state index in [1.165, 1.54) is 36.1 Å². The van der Waals surface area contributed by atoms with Gasteiger partial charge in [0.25, 0.3) is 10.0 Å². The first-order valence-electron chi connectivity index (χ1n) is 12.9. The van der Waals surface area contributed by atoms with Crippen LogP contribution in [-0.2, 0) is 32.3 Å². The molecule has 0 bridgehead atoms. The molecular formula is C29H30Cl2F3N3O4S. The lowest BCUT2D eigenvalue weighted by Crippen LogP contribution is -2.51. The van der Waals surface area contributed by atoms with Crippen molar-refractivity contribution in [3.63, 3.8) is 0 Å². The first kappa shape index (κ1) is 33.2. The molecule has 2 amide bonds. The summed E-state index contributed by atoms with van der Waals surface area (Å²) < 4.78 is 69.5. The van der Waals surface area contributed by atoms with Gasteiger partial charge in [0, 0.05) is 18.1 Å². The molecule has 0 radical (unpaired) electrons. The second-order valence-electron chi connectivity index (χ2n) is 9.60. The van der Waals surface area contributed by atoms with E-state index in [1.807, 2.05) is 6.92 Å². The molecule has 7 nitrogen and oxygen atoms in total. The lowest BCUT2D eigenvalue weighted by Gasteiger charge is -2.32. The van der Waals surface area contributed by atoms with E-state index in [2.05, 4.69) is 5.32 Å². The number of rotatable bonds is 11. The Balaban J connectivity index is 2.11. The molecule has 1 N–H and O–H groups in total. The third-order valence-electron chi connectivity index (χ3n) is 6.41. The minimum Gasteiger partial charge on any atom is -0.354 e. The van der Waals surface area contributed by atoms with Crippen molar-refractivity contribution < 1.29 is 31.2 Å². The Morgan fingerprint density at radius 2 is 1.60 bits per heavy atom. The van der Waals surface area contributed by atoms with E-state index in [0.29, 0.717) is 33.9 Å². The lowest BCUT2D eigenvalue weighted by atomic mass is 10.1. The minimum absolute atomic E-state index is 0.0937. The van der Waals surface area contributed by atoms with Gasteiger partial charge in [-0.05, 0) is 68.3 Å². The van der Waals surface area contributed by atoms with Crippen LogP contribution in [0.5, 0.6) is 0 Å². The van der Waals surface area contributed by atoms with Crippen LogP contribution in [-0.4, -0.2) is 44.3 Å². The van der Waals surface area contributed by atoms with Crippen molar-refractivity contribution in [2.45, 2.75) is 50.9 Å². The summed E-state index contributed by atoms with van der Waals surface area (Å²) >= 11 is 11.8. The van der Waals surface area contributed by atoms with Gasteiger partial charge in [0.1, 0.15) is 12.6 Å². The Morgan fingerprint density at radius 3 is 2.17 bits per heavy atom. The van der Waals surface area contributed by atoms with E-state index in [4.69, 9.17) is 23.2 Å². The predicted molar refractivity (Wildman–Crippen MR) is 157 cm³/mol. The average Bonchev–Trinajstić information content (AvgIpc) is 2.93. The van der Waals surface area contributed by atoms with Crippen LogP contribution < -0.4 is 9.62 Å². The summed E-state index contributed by atoms with van der Waals surface area (Å²) in [6, 6.07) is 13.7. The molecule has 1 atom stereocenters. The maximum absolute atomic E-state index is 13.9. The van der Waals surface area contributed by atoms with Gasteiger partial charge in [0.05, 0.1) is 21.2 Å². The highest BCUT2D eigenvalue weighted by Crippen LogP contribution is 2.38. The zero-order valence-corrected chi connectivity index (χ0v) is 25.4. The van der Waals surface area contributed by atoms with Crippen molar-refractivity contribution >= 4 is 50.7 Å². The molecule has 13 heteroatoms. The molecule has 0 saturated heterocycles. The first-order chi connectivity index (χ1) is 19.6. The molecule has 0 aliphatic rings. The van der Waals surface area contributed by atoms with Gasteiger partial charge < -0.3 is 10.2 Å². The summed E-state index contributed by atoms with van der Waals surface area (Å²) in [5, 5.41) is 2.53. The Morgan fingerprint density at radius 1 is 0.976 bits per heavy atom. The molecule has 0 aromatic heterocycles. The molecule has 3 aromatic carbocycles. The van der Waals surface area contributed by atoms with Gasteiger partial charge in [-0.25, -0.2) is 8.42 Å². The lowest BCUT2D eigenvalue weighted by molar-refractivity contribution is -0.139. The Hall–Kier alpha value is -3.28. The van der Waals surface area contributed by atoms with Gasteiger partial charge in [-0.3, -0.25) is 13.9 Å². The molecule has 0 saturated carbocycles. The third-order valence-corrected chi connectivity index (χ3v) is 8.78. The maximum atomic E-state index is 13.9. The summed E-state index contributed by atoms with van der Waals surface area (Å²) in [7, 11) is -4.56. The molecular weight excluding hydrogens is 614 g/mol. The van der Waals surface area contributed by atoms with E-state index in [1.54, 1.807) is 31.2 Å². The van der Waals surface area contributed by atoms with Crippen molar-refractivity contribution in [1.82, 2.24) is 10.2 Å². The van der Waals surface area contributed by atoms with Crippen molar-refractivity contribution in [2.75, 3.05) is 17.4 Å². The van der Waals surface area contributed by atoms with Gasteiger partial charge >= 0.3 is 6.18 Å². The number of alkyl halides is 3. The normalized spacial score (nSPS) is 12.5. The number of carbonyl (C=O) groups excluding carboxylic acids is 2. The van der Waals surface area contributed by atoms with Crippen LogP contribution in [0.1, 0.15) is 37.0 Å². The van der Waals surface area contributed by atoms with Gasteiger partial charge in [-0.15, -0.1) is 0 Å². The fourth-order valence-electron chi connectivity index (χ4n) is 4.02. The van der Waals surface area contributed by atoms with Crippen LogP contribution in [0.3, 0.4) is 0 Å². The Bertz CT molecular complexity index is 1520. The summed E-state index contributed by atoms with van der Waals surface area (Å²) in [4.78, 5) is 27.7. The number of hydrogen-bond acceptors (Lipinski definition) is 4.